The topological polar surface area (TPSA) is 25.3 Å². The van der Waals surface area contributed by atoms with Gasteiger partial charge >= 0.3 is 20.4 Å². The maximum absolute atomic E-state index is 12.5. The molecule has 0 bridgehead atoms. The molecule has 1 aliphatic rings. The van der Waals surface area contributed by atoms with Gasteiger partial charge in [-0.05, 0) is 105 Å². The van der Waals surface area contributed by atoms with Gasteiger partial charge in [0.15, 0.2) is 0 Å². The van der Waals surface area contributed by atoms with Crippen LogP contribution in [0.3, 0.4) is 0 Å². The largest absolute Gasteiger partial charge is 2.00 e. The molecule has 0 amide bonds. The minimum Gasteiger partial charge on any atom is -0.493 e. The Morgan fingerprint density at radius 2 is 0.391 bits per heavy atom. The quantitative estimate of drug-likeness (QED) is 0.0273. The first-order valence-electron chi connectivity index (χ1n) is 50.6. The van der Waals surface area contributed by atoms with Gasteiger partial charge in [-0.3, -0.25) is 0 Å². The fourth-order valence-electron chi connectivity index (χ4n) is 17.1. The van der Waals surface area contributed by atoms with E-state index in [1.54, 1.807) is 4.70 Å². The summed E-state index contributed by atoms with van der Waals surface area (Å²) in [7, 11) is 0. The van der Waals surface area contributed by atoms with E-state index in [9.17, 15) is 5.53 Å². The number of allylic oxidation sites excluding steroid dienone is 2. The van der Waals surface area contributed by atoms with Crippen LogP contribution in [0.15, 0.2) is 47.5 Å². The first-order chi connectivity index (χ1) is 53.8. The Bertz CT molecular complexity index is 2240. The van der Waals surface area contributed by atoms with Gasteiger partial charge in [-0.1, -0.05) is 516 Å². The van der Waals surface area contributed by atoms with E-state index < -0.39 is 0 Å². The minimum atomic E-state index is 0. The molecule has 2 aromatic rings. The van der Waals surface area contributed by atoms with Gasteiger partial charge in [-0.25, -0.2) is 4.70 Å². The van der Waals surface area contributed by atoms with Crippen molar-refractivity contribution in [1.82, 2.24) is 0 Å². The summed E-state index contributed by atoms with van der Waals surface area (Å²) in [5.74, 6) is 0. The molecule has 0 saturated heterocycles. The van der Waals surface area contributed by atoms with Gasteiger partial charge in [0.05, 0.1) is 0 Å². The average Bonchev–Trinajstić information content (AvgIpc) is 1.61. The molecule has 1 heterocycles. The molecule has 0 aliphatic carbocycles. The van der Waals surface area contributed by atoms with Gasteiger partial charge in [0.1, 0.15) is 0 Å². The van der Waals surface area contributed by atoms with E-state index >= 15 is 0 Å². The van der Waals surface area contributed by atoms with E-state index in [1.165, 1.54) is 520 Å². The molecule has 0 N–H and O–H groups in total. The molecule has 0 unspecified atom stereocenters. The minimum absolute atomic E-state index is 0. The Morgan fingerprint density at radius 3 is 0.600 bits per heavy atom. The summed E-state index contributed by atoms with van der Waals surface area (Å²) in [6, 6.07) is 14.5. The van der Waals surface area contributed by atoms with Crippen LogP contribution in [0.5, 0.6) is 0 Å². The van der Waals surface area contributed by atoms with Crippen molar-refractivity contribution >= 4 is 11.4 Å². The second-order valence-corrected chi connectivity index (χ2v) is 35.2. The molecule has 0 spiro atoms. The van der Waals surface area contributed by atoms with Crippen molar-refractivity contribution in [3.8, 4) is 0 Å². The summed E-state index contributed by atoms with van der Waals surface area (Å²) in [6.45, 7) is 26.1. The SMILES string of the molecule is CCCCCCCCCCCCCCCCCCCCCCCCCCCc1cc(CC)cc(C2=C(C)C(CCCCCC)=C(c3cc(CC)cc(CCCCCCCCCCCCCCCCCCCCCCCCCCC)c3)[N+]2=[N-])c1.[CH2-]CCCCCCCCCCCC.[CH2-]CCCCCCCCCCCC.[Pd+2]. The van der Waals surface area contributed by atoms with Crippen molar-refractivity contribution in [2.24, 2.45) is 0 Å². The molecule has 1 aliphatic heterocycles. The van der Waals surface area contributed by atoms with E-state index in [2.05, 4.69) is 106 Å². The molecule has 0 aromatic heterocycles. The van der Waals surface area contributed by atoms with Crippen molar-refractivity contribution < 1.29 is 25.1 Å². The zero-order valence-electron chi connectivity index (χ0n) is 76.4. The van der Waals surface area contributed by atoms with Crippen molar-refractivity contribution in [2.45, 2.75) is 575 Å². The number of hydrogen-bond donors (Lipinski definition) is 0. The van der Waals surface area contributed by atoms with Crippen molar-refractivity contribution in [3.05, 3.63) is 100 Å². The Hall–Kier alpha value is -1.82. The predicted molar refractivity (Wildman–Crippen MR) is 497 cm³/mol. The predicted octanol–water partition coefficient (Wildman–Crippen LogP) is 38.9. The summed E-state index contributed by atoms with van der Waals surface area (Å²) < 4.78 is 1.63. The zero-order chi connectivity index (χ0) is 78.9. The first kappa shape index (κ1) is 108. The van der Waals surface area contributed by atoms with Gasteiger partial charge in [-0.2, -0.15) is 12.8 Å². The molecule has 3 rings (SSSR count). The second kappa shape index (κ2) is 86.5. The van der Waals surface area contributed by atoms with Crippen LogP contribution in [-0.2, 0) is 46.1 Å². The van der Waals surface area contributed by atoms with Gasteiger partial charge in [0, 0.05) is 22.3 Å². The van der Waals surface area contributed by atoms with Crippen LogP contribution in [0.2, 0.25) is 0 Å². The number of aryl methyl sites for hydroxylation is 4. The van der Waals surface area contributed by atoms with Crippen molar-refractivity contribution in [1.29, 1.82) is 0 Å². The third-order valence-electron chi connectivity index (χ3n) is 24.6. The molecule has 0 fully saturated rings. The number of nitrogens with zero attached hydrogens (tertiary/aromatic N) is 2. The van der Waals surface area contributed by atoms with Gasteiger partial charge in [0.25, 0.3) is 0 Å². The summed E-state index contributed by atoms with van der Waals surface area (Å²) in [4.78, 5) is 0. The summed E-state index contributed by atoms with van der Waals surface area (Å²) in [5.41, 5.74) is 25.2. The Balaban J connectivity index is 0.00000370. The Kier molecular flexibility index (Phi) is 85.1. The fourth-order valence-corrected chi connectivity index (χ4v) is 17.1. The zero-order valence-corrected chi connectivity index (χ0v) is 77.9. The molecule has 644 valence electrons. The van der Waals surface area contributed by atoms with Crippen LogP contribution in [0.4, 0.5) is 0 Å². The molecule has 2 nitrogen and oxygen atoms in total. The molecule has 0 atom stereocenters. The summed E-state index contributed by atoms with van der Waals surface area (Å²) >= 11 is 0. The number of rotatable bonds is 81. The van der Waals surface area contributed by atoms with Gasteiger partial charge in [-0.15, -0.1) is 0 Å². The number of unbranched alkanes of at least 4 members (excludes halogenated alkanes) is 71. The van der Waals surface area contributed by atoms with Crippen LogP contribution in [0.25, 0.3) is 16.9 Å². The Morgan fingerprint density at radius 1 is 0.218 bits per heavy atom. The van der Waals surface area contributed by atoms with Crippen molar-refractivity contribution in [3.63, 3.8) is 0 Å². The molecular weight excluding hydrogens is 1420 g/mol. The van der Waals surface area contributed by atoms with Crippen LogP contribution in [0, 0.1) is 13.8 Å². The van der Waals surface area contributed by atoms with Crippen LogP contribution in [0.1, 0.15) is 583 Å². The average molecular weight is 1620 g/mol. The van der Waals surface area contributed by atoms with Crippen LogP contribution in [-0.4, -0.2) is 4.70 Å². The van der Waals surface area contributed by atoms with E-state index in [-0.39, 0.29) is 20.4 Å². The molecular formula is C107H196N2Pd. The maximum Gasteiger partial charge on any atom is 2.00 e. The molecule has 0 radical (unpaired) electrons. The van der Waals surface area contributed by atoms with Crippen LogP contribution < -0.4 is 0 Å². The third kappa shape index (κ3) is 65.2. The standard InChI is InChI=1S/C81H142N2.2C13H27.Pd/c1-7-12-15-18-20-22-24-26-28-30-32-34-36-38-40-42-44-46-48-50-52-54-56-58-60-63-75-66-73(10-4)68-77(70-75)80-72(6)79(65-62-17-14-9-3)81(83(80)82)78-69-74(11-5)67-76(71-78)64-61-59-57-55-53-51-49-47-45-43-41-39-37-35-33-31-29-27-25-23-21-19-16-13-8-2;2*1-3-5-7-9-11-13-12-10-8-6-4-2;/h66-71H,7-65H2,1-6H3;2*1,3-13H2,2H3;/q;2*-1;+2. The molecule has 110 heavy (non-hydrogen) atoms. The van der Waals surface area contributed by atoms with Gasteiger partial charge in [0.2, 0.25) is 11.4 Å². The van der Waals surface area contributed by atoms with E-state index in [0.717, 1.165) is 56.3 Å². The number of benzene rings is 2. The third-order valence-corrected chi connectivity index (χ3v) is 24.6. The van der Waals surface area contributed by atoms with Gasteiger partial charge < -0.3 is 19.4 Å². The second-order valence-electron chi connectivity index (χ2n) is 35.2. The Labute approximate surface area is 707 Å². The monoisotopic (exact) mass is 1620 g/mol. The summed E-state index contributed by atoms with van der Waals surface area (Å²) in [5, 5.41) is 0. The van der Waals surface area contributed by atoms with Crippen LogP contribution >= 0.6 is 0 Å². The first-order valence-corrected chi connectivity index (χ1v) is 50.6. The molecule has 0 saturated carbocycles. The summed E-state index contributed by atoms with van der Waals surface area (Å²) in [6.07, 6.45) is 113. The molecule has 3 heteroatoms. The molecule has 2 aromatic carbocycles. The van der Waals surface area contributed by atoms with E-state index in [4.69, 9.17) is 0 Å². The smallest absolute Gasteiger partial charge is 0.493 e. The van der Waals surface area contributed by atoms with E-state index in [1.807, 2.05) is 0 Å². The normalized spacial score (nSPS) is 12.2. The van der Waals surface area contributed by atoms with E-state index in [0.29, 0.717) is 0 Å². The number of hydrogen-bond acceptors (Lipinski definition) is 0. The fraction of sp³-hybridized carbons (Fsp3) is 0.832. The maximum atomic E-state index is 12.5. The van der Waals surface area contributed by atoms with Crippen molar-refractivity contribution in [2.75, 3.05) is 0 Å².